The molecule has 0 radical (unpaired) electrons. The Balaban J connectivity index is 1.93. The Morgan fingerprint density at radius 2 is 1.77 bits per heavy atom. The fourth-order valence-corrected chi connectivity index (χ4v) is 7.42. The number of allylic oxidation sites excluding steroid dienone is 1. The number of rotatable bonds is 7. The summed E-state index contributed by atoms with van der Waals surface area (Å²) in [4.78, 5) is 23.4. The number of carboxylic acids is 1. The molecule has 1 aliphatic carbocycles. The van der Waals surface area contributed by atoms with Gasteiger partial charge in [-0.3, -0.25) is 4.79 Å². The fraction of sp³-hybridized carbons (Fsp3) is 0.333. The minimum absolute atomic E-state index is 0.101. The lowest BCUT2D eigenvalue weighted by molar-refractivity contribution is -0.131. The van der Waals surface area contributed by atoms with Crippen LogP contribution in [-0.2, 0) is 14.6 Å². The molecule has 188 valence electrons. The molecule has 0 aromatic heterocycles. The van der Waals surface area contributed by atoms with Gasteiger partial charge in [-0.2, -0.15) is 0 Å². The van der Waals surface area contributed by atoms with Crippen molar-refractivity contribution in [1.82, 2.24) is 0 Å². The van der Waals surface area contributed by atoms with Crippen molar-refractivity contribution in [2.24, 2.45) is 11.8 Å². The molecule has 2 unspecified atom stereocenters. The van der Waals surface area contributed by atoms with Crippen LogP contribution in [0.1, 0.15) is 43.5 Å². The van der Waals surface area contributed by atoms with Crippen molar-refractivity contribution < 1.29 is 36.3 Å². The summed E-state index contributed by atoms with van der Waals surface area (Å²) in [5.74, 6) is -7.24. The summed E-state index contributed by atoms with van der Waals surface area (Å²) >= 11 is 6.21. The summed E-state index contributed by atoms with van der Waals surface area (Å²) in [6.07, 6.45) is 2.52. The fourth-order valence-electron chi connectivity index (χ4n) is 4.57. The first-order chi connectivity index (χ1) is 16.3. The van der Waals surface area contributed by atoms with Crippen molar-refractivity contribution in [3.8, 4) is 0 Å². The highest BCUT2D eigenvalue weighted by Gasteiger charge is 2.44. The van der Waals surface area contributed by atoms with Gasteiger partial charge in [-0.05, 0) is 56.2 Å². The highest BCUT2D eigenvalue weighted by atomic mass is 35.5. The zero-order valence-electron chi connectivity index (χ0n) is 18.8. The zero-order valence-corrected chi connectivity index (χ0v) is 20.4. The van der Waals surface area contributed by atoms with Crippen LogP contribution in [-0.4, -0.2) is 30.7 Å². The molecule has 1 aliphatic rings. The first-order valence-electron chi connectivity index (χ1n) is 10.7. The van der Waals surface area contributed by atoms with Gasteiger partial charge < -0.3 is 10.4 Å². The summed E-state index contributed by atoms with van der Waals surface area (Å²) < 4.78 is 67.4. The summed E-state index contributed by atoms with van der Waals surface area (Å²) in [5, 5.41) is 10.2. The largest absolute Gasteiger partial charge is 0.478 e. The van der Waals surface area contributed by atoms with E-state index in [1.54, 1.807) is 13.8 Å². The molecule has 3 atom stereocenters. The van der Waals surface area contributed by atoms with Crippen LogP contribution in [0, 0.1) is 29.3 Å². The van der Waals surface area contributed by atoms with Crippen molar-refractivity contribution in [2.75, 3.05) is 5.32 Å². The van der Waals surface area contributed by atoms with Gasteiger partial charge in [-0.15, -0.1) is 0 Å². The second kappa shape index (κ2) is 10.4. The number of carboxylic acid groups (broad SMARTS) is 1. The Morgan fingerprint density at radius 1 is 1.14 bits per heavy atom. The lowest BCUT2D eigenvalue weighted by Crippen LogP contribution is -2.31. The smallest absolute Gasteiger partial charge is 0.328 e. The van der Waals surface area contributed by atoms with Gasteiger partial charge in [0.2, 0.25) is 0 Å². The number of benzene rings is 2. The van der Waals surface area contributed by atoms with Crippen molar-refractivity contribution >= 4 is 39.0 Å². The molecule has 11 heteroatoms. The van der Waals surface area contributed by atoms with E-state index in [4.69, 9.17) is 16.7 Å². The van der Waals surface area contributed by atoms with E-state index < -0.39 is 44.4 Å². The predicted molar refractivity (Wildman–Crippen MR) is 125 cm³/mol. The van der Waals surface area contributed by atoms with E-state index in [9.17, 15) is 31.2 Å². The van der Waals surface area contributed by atoms with Crippen LogP contribution < -0.4 is 5.32 Å². The Morgan fingerprint density at radius 3 is 2.37 bits per heavy atom. The van der Waals surface area contributed by atoms with Crippen molar-refractivity contribution in [1.29, 1.82) is 0 Å². The number of sulfone groups is 1. The molecule has 2 aromatic rings. The molecular weight excluding hydrogens is 507 g/mol. The summed E-state index contributed by atoms with van der Waals surface area (Å²) in [6.45, 7) is 3.42. The number of carbonyl (C=O) groups excluding carboxylic acids is 1. The van der Waals surface area contributed by atoms with Gasteiger partial charge in [0.05, 0.1) is 15.2 Å². The Bertz CT molecular complexity index is 1290. The maximum Gasteiger partial charge on any atom is 0.328 e. The second-order valence-electron chi connectivity index (χ2n) is 8.71. The van der Waals surface area contributed by atoms with Gasteiger partial charge in [0.1, 0.15) is 0 Å². The number of amides is 1. The van der Waals surface area contributed by atoms with Crippen molar-refractivity contribution in [2.45, 2.75) is 43.3 Å². The molecule has 6 nitrogen and oxygen atoms in total. The molecule has 2 N–H and O–H groups in total. The number of carbonyl (C=O) groups is 2. The molecule has 0 heterocycles. The molecule has 1 amide bonds. The van der Waals surface area contributed by atoms with Gasteiger partial charge in [0.15, 0.2) is 27.3 Å². The highest BCUT2D eigenvalue weighted by molar-refractivity contribution is 7.92. The van der Waals surface area contributed by atoms with Crippen LogP contribution in [0.25, 0.3) is 0 Å². The van der Waals surface area contributed by atoms with Crippen molar-refractivity contribution in [3.05, 3.63) is 70.0 Å². The average Bonchev–Trinajstić information content (AvgIpc) is 3.11. The zero-order chi connectivity index (χ0) is 26.1. The Hall–Kier alpha value is -2.85. The van der Waals surface area contributed by atoms with E-state index in [0.29, 0.717) is 30.5 Å². The molecule has 0 aliphatic heterocycles. The van der Waals surface area contributed by atoms with E-state index in [0.717, 1.165) is 12.1 Å². The summed E-state index contributed by atoms with van der Waals surface area (Å²) in [6, 6.07) is 4.77. The third-order valence-electron chi connectivity index (χ3n) is 6.07. The number of hydrogen-bond donors (Lipinski definition) is 2. The van der Waals surface area contributed by atoms with Crippen molar-refractivity contribution in [3.63, 3.8) is 0 Å². The third-order valence-corrected chi connectivity index (χ3v) is 9.03. The maximum absolute atomic E-state index is 13.6. The molecule has 3 rings (SSSR count). The standard InChI is InChI=1S/C24H23ClF3NO5S/c1-12(8-21(30)31)7-14-4-3-13(2)23(14)35(33,34)20-9-15(5-6-17(20)25)24(32)29-16-10-18(26)22(28)19(27)11-16/h5-6,8-11,13-14,23H,3-4,7H2,1-2H3,(H,29,32)(H,30,31)/b12-8+/t13?,14-,23?/m0/s1. The van der Waals surface area contributed by atoms with Crippen LogP contribution in [0.5, 0.6) is 0 Å². The lowest BCUT2D eigenvalue weighted by Gasteiger charge is -2.24. The Kier molecular flexibility index (Phi) is 7.96. The van der Waals surface area contributed by atoms with Gasteiger partial charge in [-0.25, -0.2) is 26.4 Å². The van der Waals surface area contributed by atoms with Crippen LogP contribution in [0.4, 0.5) is 18.9 Å². The number of anilines is 1. The molecule has 0 saturated heterocycles. The van der Waals surface area contributed by atoms with Crippen LogP contribution in [0.15, 0.2) is 46.9 Å². The molecule has 35 heavy (non-hydrogen) atoms. The SMILES string of the molecule is C/C(=C\C(=O)O)C[C@@H]1CCC(C)C1S(=O)(=O)c1cc(C(=O)Nc2cc(F)c(F)c(F)c2)ccc1Cl. The minimum Gasteiger partial charge on any atom is -0.478 e. The number of aliphatic carboxylic acids is 1. The van der Waals surface area contributed by atoms with Gasteiger partial charge >= 0.3 is 5.97 Å². The second-order valence-corrected chi connectivity index (χ2v) is 11.2. The number of halogens is 4. The normalized spacial score (nSPS) is 20.6. The highest BCUT2D eigenvalue weighted by Crippen LogP contribution is 2.43. The van der Waals surface area contributed by atoms with Gasteiger partial charge in [-0.1, -0.05) is 24.1 Å². The average molecular weight is 530 g/mol. The maximum atomic E-state index is 13.6. The molecule has 0 bridgehead atoms. The summed E-state index contributed by atoms with van der Waals surface area (Å²) in [5.41, 5.74) is 0.0491. The molecule has 2 aromatic carbocycles. The lowest BCUT2D eigenvalue weighted by atomic mass is 9.97. The molecular formula is C24H23ClF3NO5S. The topological polar surface area (TPSA) is 101 Å². The number of nitrogens with one attached hydrogen (secondary N) is 1. The molecule has 1 fully saturated rings. The third kappa shape index (κ3) is 5.87. The van der Waals surface area contributed by atoms with E-state index in [2.05, 4.69) is 5.32 Å². The Labute approximate surface area is 205 Å². The first kappa shape index (κ1) is 26.7. The molecule has 0 spiro atoms. The van der Waals surface area contributed by atoms with Crippen LogP contribution in [0.2, 0.25) is 5.02 Å². The monoisotopic (exact) mass is 529 g/mol. The number of hydrogen-bond acceptors (Lipinski definition) is 4. The first-order valence-corrected chi connectivity index (χ1v) is 12.6. The van der Waals surface area contributed by atoms with Crippen LogP contribution in [0.3, 0.4) is 0 Å². The predicted octanol–water partition coefficient (Wildman–Crippen LogP) is 5.62. The van der Waals surface area contributed by atoms with E-state index in [1.165, 1.54) is 12.1 Å². The quantitative estimate of drug-likeness (QED) is 0.358. The van der Waals surface area contributed by atoms with E-state index >= 15 is 0 Å². The van der Waals surface area contributed by atoms with Gasteiger partial charge in [0.25, 0.3) is 5.91 Å². The van der Waals surface area contributed by atoms with Crippen LogP contribution >= 0.6 is 11.6 Å². The summed E-state index contributed by atoms with van der Waals surface area (Å²) in [7, 11) is -4.05. The molecule has 1 saturated carbocycles. The van der Waals surface area contributed by atoms with E-state index in [1.807, 2.05) is 0 Å². The van der Waals surface area contributed by atoms with E-state index in [-0.39, 0.29) is 39.4 Å². The minimum atomic E-state index is -4.05. The van der Waals surface area contributed by atoms with Gasteiger partial charge in [0, 0.05) is 29.5 Å².